The number of nitrogens with two attached hydrogens (primary N) is 1. The summed E-state index contributed by atoms with van der Waals surface area (Å²) >= 11 is 0. The smallest absolute Gasteiger partial charge is 0.308 e. The number of rotatable bonds is 7. The van der Waals surface area contributed by atoms with Crippen molar-refractivity contribution in [3.63, 3.8) is 0 Å². The van der Waals surface area contributed by atoms with Crippen LogP contribution in [-0.4, -0.2) is 49.1 Å². The lowest BCUT2D eigenvalue weighted by atomic mass is 10.2. The predicted molar refractivity (Wildman–Crippen MR) is 78.3 cm³/mol. The van der Waals surface area contributed by atoms with Crippen LogP contribution in [0.15, 0.2) is 17.3 Å². The highest BCUT2D eigenvalue weighted by Crippen LogP contribution is 2.22. The number of carbonyl (C=O) groups is 2. The van der Waals surface area contributed by atoms with Gasteiger partial charge < -0.3 is 20.1 Å². The van der Waals surface area contributed by atoms with Crippen LogP contribution in [0.1, 0.15) is 26.7 Å². The Morgan fingerprint density at radius 1 is 1.52 bits per heavy atom. The number of amides is 1. The Morgan fingerprint density at radius 2 is 2.24 bits per heavy atom. The van der Waals surface area contributed by atoms with Gasteiger partial charge in [0.2, 0.25) is 6.41 Å². The normalized spacial score (nSPS) is 22.8. The molecular weight excluding hydrogens is 274 g/mol. The third kappa shape index (κ3) is 5.95. The minimum absolute atomic E-state index is 0.0884. The van der Waals surface area contributed by atoms with Crippen molar-refractivity contribution in [2.45, 2.75) is 39.0 Å². The highest BCUT2D eigenvalue weighted by Gasteiger charge is 2.28. The first-order chi connectivity index (χ1) is 9.93. The third-order valence-corrected chi connectivity index (χ3v) is 3.10. The van der Waals surface area contributed by atoms with E-state index < -0.39 is 0 Å². The van der Waals surface area contributed by atoms with Crippen molar-refractivity contribution in [3.05, 3.63) is 12.3 Å². The average molecular weight is 297 g/mol. The summed E-state index contributed by atoms with van der Waals surface area (Å²) in [5.74, 6) is -0.210. The fourth-order valence-electron chi connectivity index (χ4n) is 1.84. The van der Waals surface area contributed by atoms with Crippen LogP contribution in [0.4, 0.5) is 0 Å². The standard InChI is InChI=1S/C14H23N3O4/c1-10(2)14(19)20-8-11-4-5-13(21-11)17(3)7-6-12(15)16-9-18/h6-7,9-11,13H,4-5,8H2,1-3H3,(H2,15,16,18)/b7-6-. The van der Waals surface area contributed by atoms with Crippen LogP contribution >= 0.6 is 0 Å². The van der Waals surface area contributed by atoms with Gasteiger partial charge >= 0.3 is 5.97 Å². The molecule has 2 atom stereocenters. The number of aliphatic imine (C=N–C) groups is 1. The van der Waals surface area contributed by atoms with Crippen LogP contribution in [0.2, 0.25) is 0 Å². The van der Waals surface area contributed by atoms with Gasteiger partial charge in [0.25, 0.3) is 0 Å². The molecule has 0 aromatic rings. The molecule has 0 aromatic heterocycles. The molecule has 1 fully saturated rings. The molecule has 0 saturated carbocycles. The van der Waals surface area contributed by atoms with Crippen LogP contribution in [-0.2, 0) is 19.1 Å². The van der Waals surface area contributed by atoms with E-state index in [-0.39, 0.29) is 36.7 Å². The molecule has 2 unspecified atom stereocenters. The summed E-state index contributed by atoms with van der Waals surface area (Å²) in [4.78, 5) is 26.8. The lowest BCUT2D eigenvalue weighted by molar-refractivity contribution is -0.152. The maximum Gasteiger partial charge on any atom is 0.308 e. The third-order valence-electron chi connectivity index (χ3n) is 3.10. The molecule has 0 radical (unpaired) electrons. The van der Waals surface area contributed by atoms with Gasteiger partial charge in [-0.05, 0) is 18.9 Å². The summed E-state index contributed by atoms with van der Waals surface area (Å²) in [5.41, 5.74) is 5.47. The molecule has 0 spiro atoms. The van der Waals surface area contributed by atoms with Gasteiger partial charge in [-0.15, -0.1) is 0 Å². The molecule has 1 rings (SSSR count). The molecule has 118 valence electrons. The first-order valence-electron chi connectivity index (χ1n) is 6.93. The fourth-order valence-corrected chi connectivity index (χ4v) is 1.84. The summed E-state index contributed by atoms with van der Waals surface area (Å²) in [6.45, 7) is 3.87. The van der Waals surface area contributed by atoms with Crippen LogP contribution in [0.25, 0.3) is 0 Å². The molecule has 1 aliphatic rings. The second kappa shape index (κ2) is 8.41. The van der Waals surface area contributed by atoms with Crippen molar-refractivity contribution in [2.75, 3.05) is 13.7 Å². The van der Waals surface area contributed by atoms with Crippen molar-refractivity contribution >= 4 is 18.2 Å². The maximum absolute atomic E-state index is 11.4. The number of hydrogen-bond acceptors (Lipinski definition) is 5. The largest absolute Gasteiger partial charge is 0.463 e. The number of esters is 1. The molecule has 2 N–H and O–H groups in total. The van der Waals surface area contributed by atoms with Crippen LogP contribution < -0.4 is 5.73 Å². The first kappa shape index (κ1) is 17.2. The van der Waals surface area contributed by atoms with E-state index in [9.17, 15) is 9.59 Å². The van der Waals surface area contributed by atoms with Gasteiger partial charge in [-0.1, -0.05) is 13.8 Å². The SMILES string of the molecule is CC(C)C(=O)OCC1CCC(N(C)/C=C\C(N)=NC=O)O1. The van der Waals surface area contributed by atoms with Gasteiger partial charge in [0.15, 0.2) is 0 Å². The monoisotopic (exact) mass is 297 g/mol. The van der Waals surface area contributed by atoms with E-state index in [1.807, 2.05) is 11.9 Å². The zero-order chi connectivity index (χ0) is 15.8. The Morgan fingerprint density at radius 3 is 2.86 bits per heavy atom. The van der Waals surface area contributed by atoms with Crippen molar-refractivity contribution in [1.82, 2.24) is 4.90 Å². The number of carbonyl (C=O) groups excluding carboxylic acids is 2. The highest BCUT2D eigenvalue weighted by atomic mass is 16.6. The molecule has 7 nitrogen and oxygen atoms in total. The van der Waals surface area contributed by atoms with Gasteiger partial charge in [-0.25, -0.2) is 0 Å². The van der Waals surface area contributed by atoms with E-state index in [2.05, 4.69) is 4.99 Å². The van der Waals surface area contributed by atoms with Crippen LogP contribution in [0.5, 0.6) is 0 Å². The lowest BCUT2D eigenvalue weighted by Crippen LogP contribution is -2.29. The molecule has 1 amide bonds. The average Bonchev–Trinajstić information content (AvgIpc) is 2.91. The first-order valence-corrected chi connectivity index (χ1v) is 6.93. The summed E-state index contributed by atoms with van der Waals surface area (Å²) in [5, 5.41) is 0. The van der Waals surface area contributed by atoms with Gasteiger partial charge in [0.1, 0.15) is 18.7 Å². The van der Waals surface area contributed by atoms with E-state index >= 15 is 0 Å². The lowest BCUT2D eigenvalue weighted by Gasteiger charge is -2.23. The molecule has 7 heteroatoms. The Kier molecular flexibility index (Phi) is 6.87. The van der Waals surface area contributed by atoms with E-state index in [0.717, 1.165) is 12.8 Å². The van der Waals surface area contributed by atoms with Gasteiger partial charge in [-0.2, -0.15) is 4.99 Å². The van der Waals surface area contributed by atoms with Crippen molar-refractivity contribution in [1.29, 1.82) is 0 Å². The van der Waals surface area contributed by atoms with E-state index in [1.165, 1.54) is 6.08 Å². The Hall–Kier alpha value is -1.89. The quantitative estimate of drug-likeness (QED) is 0.321. The van der Waals surface area contributed by atoms with Crippen molar-refractivity contribution in [3.8, 4) is 0 Å². The summed E-state index contributed by atoms with van der Waals surface area (Å²) in [6.07, 6.45) is 5.09. The van der Waals surface area contributed by atoms with Crippen LogP contribution in [0, 0.1) is 5.92 Å². The predicted octanol–water partition coefficient (Wildman–Crippen LogP) is 0.650. The van der Waals surface area contributed by atoms with E-state index in [4.69, 9.17) is 15.2 Å². The minimum Gasteiger partial charge on any atom is -0.463 e. The number of amidine groups is 1. The van der Waals surface area contributed by atoms with E-state index in [1.54, 1.807) is 20.0 Å². The molecule has 1 aliphatic heterocycles. The van der Waals surface area contributed by atoms with Gasteiger partial charge in [0, 0.05) is 13.2 Å². The van der Waals surface area contributed by atoms with Gasteiger partial charge in [0.05, 0.1) is 12.0 Å². The van der Waals surface area contributed by atoms with Gasteiger partial charge in [-0.3, -0.25) is 9.59 Å². The zero-order valence-corrected chi connectivity index (χ0v) is 12.7. The number of ether oxygens (including phenoxy) is 2. The van der Waals surface area contributed by atoms with Crippen LogP contribution in [0.3, 0.4) is 0 Å². The molecule has 0 aromatic carbocycles. The topological polar surface area (TPSA) is 94.2 Å². The number of nitrogens with zero attached hydrogens (tertiary/aromatic N) is 2. The number of hydrogen-bond donors (Lipinski definition) is 1. The molecule has 0 aliphatic carbocycles. The highest BCUT2D eigenvalue weighted by molar-refractivity contribution is 5.95. The molecule has 21 heavy (non-hydrogen) atoms. The summed E-state index contributed by atoms with van der Waals surface area (Å²) in [6, 6.07) is 0. The Labute approximate surface area is 124 Å². The van der Waals surface area contributed by atoms with Crippen molar-refractivity contribution in [2.24, 2.45) is 16.6 Å². The molecule has 1 saturated heterocycles. The Balaban J connectivity index is 2.38. The maximum atomic E-state index is 11.4. The molecular formula is C14H23N3O4. The second-order valence-corrected chi connectivity index (χ2v) is 5.22. The minimum atomic E-state index is -0.215. The summed E-state index contributed by atoms with van der Waals surface area (Å²) in [7, 11) is 1.85. The fraction of sp³-hybridized carbons (Fsp3) is 0.643. The zero-order valence-electron chi connectivity index (χ0n) is 12.7. The van der Waals surface area contributed by atoms with Crippen molar-refractivity contribution < 1.29 is 19.1 Å². The summed E-state index contributed by atoms with van der Waals surface area (Å²) < 4.78 is 11.0. The Bertz CT molecular complexity index is 420. The molecule has 1 heterocycles. The molecule has 0 bridgehead atoms. The van der Waals surface area contributed by atoms with E-state index in [0.29, 0.717) is 6.41 Å². The second-order valence-electron chi connectivity index (χ2n) is 5.22.